The molecule has 0 spiro atoms. The lowest BCUT2D eigenvalue weighted by Gasteiger charge is -2.18. The normalized spacial score (nSPS) is 12.8. The second kappa shape index (κ2) is 7.34. The van der Waals surface area contributed by atoms with Crippen molar-refractivity contribution in [3.05, 3.63) is 29.6 Å². The quantitative estimate of drug-likeness (QED) is 0.581. The van der Waals surface area contributed by atoms with Gasteiger partial charge >= 0.3 is 0 Å². The predicted molar refractivity (Wildman–Crippen MR) is 71.8 cm³/mol. The van der Waals surface area contributed by atoms with Crippen molar-refractivity contribution in [3.8, 4) is 5.75 Å². The molecule has 0 bridgehead atoms. The van der Waals surface area contributed by atoms with Gasteiger partial charge < -0.3 is 4.74 Å². The Morgan fingerprint density at radius 2 is 2.06 bits per heavy atom. The van der Waals surface area contributed by atoms with Crippen molar-refractivity contribution in [2.75, 3.05) is 7.11 Å². The van der Waals surface area contributed by atoms with Crippen molar-refractivity contribution < 1.29 is 9.13 Å². The molecule has 3 N–H and O–H groups in total. The van der Waals surface area contributed by atoms with E-state index in [0.717, 1.165) is 12.8 Å². The average Bonchev–Trinajstić information content (AvgIpc) is 2.36. The molecule has 0 aromatic heterocycles. The summed E-state index contributed by atoms with van der Waals surface area (Å²) in [6, 6.07) is 5.29. The summed E-state index contributed by atoms with van der Waals surface area (Å²) in [5.41, 5.74) is 3.40. The highest BCUT2D eigenvalue weighted by molar-refractivity contribution is 5.31. The molecule has 1 aromatic rings. The topological polar surface area (TPSA) is 47.3 Å². The molecule has 18 heavy (non-hydrogen) atoms. The molecular formula is C14H23FN2O. The summed E-state index contributed by atoms with van der Waals surface area (Å²) in [5, 5.41) is 0. The van der Waals surface area contributed by atoms with Gasteiger partial charge in [-0.3, -0.25) is 11.3 Å². The Balaban J connectivity index is 2.69. The van der Waals surface area contributed by atoms with Gasteiger partial charge in [0, 0.05) is 6.04 Å². The molecule has 0 aliphatic rings. The van der Waals surface area contributed by atoms with Gasteiger partial charge in [-0.1, -0.05) is 26.0 Å². The molecule has 1 aromatic carbocycles. The molecular weight excluding hydrogens is 231 g/mol. The fraction of sp³-hybridized carbons (Fsp3) is 0.571. The van der Waals surface area contributed by atoms with Gasteiger partial charge in [0.1, 0.15) is 0 Å². The Morgan fingerprint density at radius 1 is 1.33 bits per heavy atom. The third kappa shape index (κ3) is 4.27. The average molecular weight is 254 g/mol. The van der Waals surface area contributed by atoms with Crippen LogP contribution in [-0.2, 0) is 6.42 Å². The van der Waals surface area contributed by atoms with Crippen molar-refractivity contribution in [1.82, 2.24) is 5.43 Å². The number of hydrogen-bond donors (Lipinski definition) is 2. The number of ether oxygens (including phenoxy) is 1. The number of rotatable bonds is 7. The maximum atomic E-state index is 14.0. The minimum Gasteiger partial charge on any atom is -0.494 e. The zero-order valence-electron chi connectivity index (χ0n) is 11.4. The Hall–Kier alpha value is -1.13. The third-order valence-electron chi connectivity index (χ3n) is 3.06. The van der Waals surface area contributed by atoms with Crippen LogP contribution in [0.4, 0.5) is 4.39 Å². The highest BCUT2D eigenvalue weighted by Crippen LogP contribution is 2.22. The maximum Gasteiger partial charge on any atom is 0.168 e. The fourth-order valence-electron chi connectivity index (χ4n) is 1.92. The van der Waals surface area contributed by atoms with Crippen LogP contribution in [0.2, 0.25) is 0 Å². The Bertz CT molecular complexity index is 369. The first-order valence-electron chi connectivity index (χ1n) is 6.36. The van der Waals surface area contributed by atoms with Crippen LogP contribution >= 0.6 is 0 Å². The summed E-state index contributed by atoms with van der Waals surface area (Å²) in [6.07, 6.45) is 2.58. The SMILES string of the molecule is COc1cccc(CC(CCC(C)C)NN)c1F. The van der Waals surface area contributed by atoms with Crippen LogP contribution in [0.1, 0.15) is 32.3 Å². The number of hydrazine groups is 1. The van der Waals surface area contributed by atoms with E-state index in [-0.39, 0.29) is 17.6 Å². The second-order valence-electron chi connectivity index (χ2n) is 4.97. The molecule has 0 amide bonds. The summed E-state index contributed by atoms with van der Waals surface area (Å²) in [7, 11) is 1.47. The molecule has 1 atom stereocenters. The van der Waals surface area contributed by atoms with E-state index >= 15 is 0 Å². The van der Waals surface area contributed by atoms with E-state index in [1.54, 1.807) is 18.2 Å². The minimum atomic E-state index is -0.287. The van der Waals surface area contributed by atoms with E-state index < -0.39 is 0 Å². The first-order chi connectivity index (χ1) is 8.58. The fourth-order valence-corrected chi connectivity index (χ4v) is 1.92. The van der Waals surface area contributed by atoms with Gasteiger partial charge in [0.15, 0.2) is 11.6 Å². The maximum absolute atomic E-state index is 14.0. The molecule has 0 heterocycles. The van der Waals surface area contributed by atoms with Crippen LogP contribution in [0, 0.1) is 11.7 Å². The van der Waals surface area contributed by atoms with Gasteiger partial charge in [-0.2, -0.15) is 0 Å². The molecule has 4 heteroatoms. The van der Waals surface area contributed by atoms with Crippen LogP contribution in [-0.4, -0.2) is 13.2 Å². The lowest BCUT2D eigenvalue weighted by atomic mass is 9.98. The highest BCUT2D eigenvalue weighted by atomic mass is 19.1. The molecule has 0 fully saturated rings. The van der Waals surface area contributed by atoms with Gasteiger partial charge in [0.2, 0.25) is 0 Å². The monoisotopic (exact) mass is 254 g/mol. The van der Waals surface area contributed by atoms with E-state index in [9.17, 15) is 4.39 Å². The predicted octanol–water partition coefficient (Wildman–Crippen LogP) is 2.64. The number of methoxy groups -OCH3 is 1. The zero-order chi connectivity index (χ0) is 13.5. The second-order valence-corrected chi connectivity index (χ2v) is 4.97. The number of nitrogens with one attached hydrogen (secondary N) is 1. The summed E-state index contributed by atoms with van der Waals surface area (Å²) in [5.74, 6) is 6.14. The largest absolute Gasteiger partial charge is 0.494 e. The molecule has 0 saturated heterocycles. The van der Waals surface area contributed by atoms with Gasteiger partial charge in [-0.25, -0.2) is 4.39 Å². The molecule has 0 aliphatic carbocycles. The molecule has 0 aliphatic heterocycles. The van der Waals surface area contributed by atoms with Crippen molar-refractivity contribution in [2.24, 2.45) is 11.8 Å². The standard InChI is InChI=1S/C14H23FN2O/c1-10(2)7-8-12(17-16)9-11-5-4-6-13(18-3)14(11)15/h4-6,10,12,17H,7-9,16H2,1-3H3. The molecule has 0 radical (unpaired) electrons. The Labute approximate surface area is 108 Å². The lowest BCUT2D eigenvalue weighted by Crippen LogP contribution is -2.37. The molecule has 0 saturated carbocycles. The van der Waals surface area contributed by atoms with Crippen LogP contribution in [0.25, 0.3) is 0 Å². The molecule has 1 rings (SSSR count). The van der Waals surface area contributed by atoms with Gasteiger partial charge in [0.25, 0.3) is 0 Å². The number of benzene rings is 1. The molecule has 102 valence electrons. The first-order valence-corrected chi connectivity index (χ1v) is 6.36. The van der Waals surface area contributed by atoms with Crippen molar-refractivity contribution in [2.45, 2.75) is 39.2 Å². The van der Waals surface area contributed by atoms with Crippen LogP contribution in [0.5, 0.6) is 5.75 Å². The summed E-state index contributed by atoms with van der Waals surface area (Å²) >= 11 is 0. The lowest BCUT2D eigenvalue weighted by molar-refractivity contribution is 0.379. The van der Waals surface area contributed by atoms with Gasteiger partial charge in [-0.05, 0) is 36.8 Å². The molecule has 3 nitrogen and oxygen atoms in total. The van der Waals surface area contributed by atoms with E-state index in [1.165, 1.54) is 7.11 Å². The highest BCUT2D eigenvalue weighted by Gasteiger charge is 2.14. The van der Waals surface area contributed by atoms with E-state index in [0.29, 0.717) is 17.9 Å². The minimum absolute atomic E-state index is 0.0917. The number of nitrogens with two attached hydrogens (primary N) is 1. The Kier molecular flexibility index (Phi) is 6.09. The summed E-state index contributed by atoms with van der Waals surface area (Å²) in [4.78, 5) is 0. The Morgan fingerprint density at radius 3 is 2.61 bits per heavy atom. The smallest absolute Gasteiger partial charge is 0.168 e. The van der Waals surface area contributed by atoms with Crippen molar-refractivity contribution in [1.29, 1.82) is 0 Å². The van der Waals surface area contributed by atoms with Crippen LogP contribution in [0.3, 0.4) is 0 Å². The summed E-state index contributed by atoms with van der Waals surface area (Å²) < 4.78 is 18.9. The van der Waals surface area contributed by atoms with E-state index in [1.807, 2.05) is 0 Å². The first kappa shape index (κ1) is 14.9. The van der Waals surface area contributed by atoms with Gasteiger partial charge in [-0.15, -0.1) is 0 Å². The van der Waals surface area contributed by atoms with Crippen LogP contribution < -0.4 is 16.0 Å². The summed E-state index contributed by atoms with van der Waals surface area (Å²) in [6.45, 7) is 4.33. The van der Waals surface area contributed by atoms with Crippen molar-refractivity contribution in [3.63, 3.8) is 0 Å². The van der Waals surface area contributed by atoms with E-state index in [4.69, 9.17) is 10.6 Å². The third-order valence-corrected chi connectivity index (χ3v) is 3.06. The number of halogens is 1. The zero-order valence-corrected chi connectivity index (χ0v) is 11.4. The van der Waals surface area contributed by atoms with Gasteiger partial charge in [0.05, 0.1) is 7.11 Å². The van der Waals surface area contributed by atoms with E-state index in [2.05, 4.69) is 19.3 Å². The van der Waals surface area contributed by atoms with Crippen LogP contribution in [0.15, 0.2) is 18.2 Å². The molecule has 1 unspecified atom stereocenters. The van der Waals surface area contributed by atoms with Crippen molar-refractivity contribution >= 4 is 0 Å². The number of hydrogen-bond acceptors (Lipinski definition) is 3.